The molecule has 0 aliphatic heterocycles. The van der Waals surface area contributed by atoms with E-state index >= 15 is 0 Å². The van der Waals surface area contributed by atoms with Gasteiger partial charge in [-0.25, -0.2) is 0 Å². The number of anilines is 1. The number of amides is 2. The van der Waals surface area contributed by atoms with Crippen molar-refractivity contribution in [3.63, 3.8) is 0 Å². The summed E-state index contributed by atoms with van der Waals surface area (Å²) >= 11 is 0. The summed E-state index contributed by atoms with van der Waals surface area (Å²) in [5.41, 5.74) is 0.285. The van der Waals surface area contributed by atoms with E-state index in [0.717, 1.165) is 0 Å². The summed E-state index contributed by atoms with van der Waals surface area (Å²) in [6.07, 6.45) is 1.18. The molecule has 0 aliphatic rings. The van der Waals surface area contributed by atoms with Crippen LogP contribution in [0.1, 0.15) is 44.0 Å². The highest BCUT2D eigenvalue weighted by Gasteiger charge is 2.22. The Hall–Kier alpha value is -1.88. The van der Waals surface area contributed by atoms with E-state index in [9.17, 15) is 14.7 Å². The van der Waals surface area contributed by atoms with E-state index in [1.165, 1.54) is 6.92 Å². The highest BCUT2D eigenvalue weighted by Crippen LogP contribution is 2.14. The molecule has 5 nitrogen and oxygen atoms in total. The molecule has 2 amide bonds. The van der Waals surface area contributed by atoms with Crippen LogP contribution in [-0.2, 0) is 4.79 Å². The third-order valence-electron chi connectivity index (χ3n) is 3.36. The van der Waals surface area contributed by atoms with Crippen LogP contribution in [0.15, 0.2) is 24.3 Å². The van der Waals surface area contributed by atoms with Crippen LogP contribution in [-0.4, -0.2) is 29.1 Å². The van der Waals surface area contributed by atoms with Crippen molar-refractivity contribution >= 4 is 17.5 Å². The Morgan fingerprint density at radius 1 is 1.15 bits per heavy atom. The maximum atomic E-state index is 11.9. The summed E-state index contributed by atoms with van der Waals surface area (Å²) in [7, 11) is 0. The standard InChI is InChI=1S/C15H22N2O3/c1-4-15(20,5-2)10-16-14(19)12-6-8-13(9-7-12)17-11(3)18/h6-9,20H,4-5,10H2,1-3H3,(H,16,19)(H,17,18). The summed E-state index contributed by atoms with van der Waals surface area (Å²) in [6, 6.07) is 6.61. The summed E-state index contributed by atoms with van der Waals surface area (Å²) < 4.78 is 0. The molecular formula is C15H22N2O3. The average molecular weight is 278 g/mol. The van der Waals surface area contributed by atoms with Crippen molar-refractivity contribution in [1.82, 2.24) is 5.32 Å². The van der Waals surface area contributed by atoms with Gasteiger partial charge in [0.05, 0.1) is 5.60 Å². The van der Waals surface area contributed by atoms with Crippen molar-refractivity contribution in [3.05, 3.63) is 29.8 Å². The van der Waals surface area contributed by atoms with E-state index in [-0.39, 0.29) is 18.4 Å². The van der Waals surface area contributed by atoms with Gasteiger partial charge < -0.3 is 15.7 Å². The molecule has 0 radical (unpaired) electrons. The highest BCUT2D eigenvalue weighted by atomic mass is 16.3. The van der Waals surface area contributed by atoms with Gasteiger partial charge in [-0.3, -0.25) is 9.59 Å². The van der Waals surface area contributed by atoms with Crippen molar-refractivity contribution in [2.45, 2.75) is 39.2 Å². The summed E-state index contributed by atoms with van der Waals surface area (Å²) in [5, 5.41) is 15.5. The van der Waals surface area contributed by atoms with E-state index in [1.807, 2.05) is 13.8 Å². The van der Waals surface area contributed by atoms with Gasteiger partial charge in [0.15, 0.2) is 0 Å². The molecule has 0 heterocycles. The van der Waals surface area contributed by atoms with Crippen LogP contribution in [0.3, 0.4) is 0 Å². The number of hydrogen-bond acceptors (Lipinski definition) is 3. The van der Waals surface area contributed by atoms with Crippen LogP contribution in [0.4, 0.5) is 5.69 Å². The van der Waals surface area contributed by atoms with E-state index < -0.39 is 5.60 Å². The molecule has 110 valence electrons. The van der Waals surface area contributed by atoms with Gasteiger partial charge in [-0.2, -0.15) is 0 Å². The maximum absolute atomic E-state index is 11.9. The zero-order valence-electron chi connectivity index (χ0n) is 12.2. The van der Waals surface area contributed by atoms with Crippen LogP contribution < -0.4 is 10.6 Å². The predicted octanol–water partition coefficient (Wildman–Crippen LogP) is 1.93. The van der Waals surface area contributed by atoms with Crippen LogP contribution in [0.5, 0.6) is 0 Å². The predicted molar refractivity (Wildman–Crippen MR) is 78.6 cm³/mol. The van der Waals surface area contributed by atoms with Gasteiger partial charge >= 0.3 is 0 Å². The number of nitrogens with one attached hydrogen (secondary N) is 2. The molecule has 5 heteroatoms. The number of benzene rings is 1. The molecule has 0 fully saturated rings. The Morgan fingerprint density at radius 2 is 1.70 bits per heavy atom. The van der Waals surface area contributed by atoms with Crippen LogP contribution in [0.2, 0.25) is 0 Å². The second-order valence-electron chi connectivity index (χ2n) is 4.87. The topological polar surface area (TPSA) is 78.4 Å². The quantitative estimate of drug-likeness (QED) is 0.744. The lowest BCUT2D eigenvalue weighted by atomic mass is 9.97. The third-order valence-corrected chi connectivity index (χ3v) is 3.36. The number of aliphatic hydroxyl groups is 1. The molecule has 1 aromatic carbocycles. The second kappa shape index (κ2) is 7.05. The van der Waals surface area contributed by atoms with Crippen LogP contribution in [0, 0.1) is 0 Å². The van der Waals surface area contributed by atoms with Gasteiger partial charge in [-0.05, 0) is 37.1 Å². The number of carbonyl (C=O) groups is 2. The highest BCUT2D eigenvalue weighted by molar-refractivity contribution is 5.95. The van der Waals surface area contributed by atoms with Gasteiger partial charge in [-0.15, -0.1) is 0 Å². The van der Waals surface area contributed by atoms with E-state index in [1.54, 1.807) is 24.3 Å². The molecule has 20 heavy (non-hydrogen) atoms. The van der Waals surface area contributed by atoms with Crippen molar-refractivity contribution in [1.29, 1.82) is 0 Å². The first-order valence-corrected chi connectivity index (χ1v) is 6.78. The molecule has 3 N–H and O–H groups in total. The first-order valence-electron chi connectivity index (χ1n) is 6.78. The Labute approximate surface area is 119 Å². The van der Waals surface area contributed by atoms with Crippen LogP contribution >= 0.6 is 0 Å². The normalized spacial score (nSPS) is 11.0. The molecule has 1 aromatic rings. The number of hydrogen-bond donors (Lipinski definition) is 3. The van der Waals surface area contributed by atoms with Crippen molar-refractivity contribution < 1.29 is 14.7 Å². The van der Waals surface area contributed by atoms with E-state index in [4.69, 9.17) is 0 Å². The molecule has 0 aliphatic carbocycles. The van der Waals surface area contributed by atoms with Gasteiger partial charge in [-0.1, -0.05) is 13.8 Å². The summed E-state index contributed by atoms with van der Waals surface area (Å²) in [6.45, 7) is 5.43. The molecular weight excluding hydrogens is 256 g/mol. The molecule has 0 aromatic heterocycles. The van der Waals surface area contributed by atoms with Gasteiger partial charge in [0.2, 0.25) is 5.91 Å². The molecule has 0 atom stereocenters. The van der Waals surface area contributed by atoms with E-state index in [2.05, 4.69) is 10.6 Å². The molecule has 0 bridgehead atoms. The minimum absolute atomic E-state index is 0.154. The van der Waals surface area contributed by atoms with Crippen molar-refractivity contribution in [2.75, 3.05) is 11.9 Å². The summed E-state index contributed by atoms with van der Waals surface area (Å²) in [4.78, 5) is 22.8. The van der Waals surface area contributed by atoms with Gasteiger partial charge in [0.25, 0.3) is 5.91 Å². The zero-order chi connectivity index (χ0) is 15.2. The maximum Gasteiger partial charge on any atom is 0.251 e. The lowest BCUT2D eigenvalue weighted by molar-refractivity contribution is -0.114. The minimum atomic E-state index is -0.855. The van der Waals surface area contributed by atoms with Gasteiger partial charge in [0, 0.05) is 24.7 Å². The lowest BCUT2D eigenvalue weighted by Crippen LogP contribution is -2.42. The van der Waals surface area contributed by atoms with Crippen molar-refractivity contribution in [3.8, 4) is 0 Å². The molecule has 1 rings (SSSR count). The third kappa shape index (κ3) is 4.66. The fourth-order valence-electron chi connectivity index (χ4n) is 1.76. The smallest absolute Gasteiger partial charge is 0.251 e. The monoisotopic (exact) mass is 278 g/mol. The average Bonchev–Trinajstić information content (AvgIpc) is 2.44. The second-order valence-corrected chi connectivity index (χ2v) is 4.87. The SMILES string of the molecule is CCC(O)(CC)CNC(=O)c1ccc(NC(C)=O)cc1. The number of carbonyl (C=O) groups excluding carboxylic acids is 2. The number of rotatable bonds is 6. The Balaban J connectivity index is 2.62. The minimum Gasteiger partial charge on any atom is -0.388 e. The molecule has 0 unspecified atom stereocenters. The molecule has 0 saturated carbocycles. The Bertz CT molecular complexity index is 465. The fourth-order valence-corrected chi connectivity index (χ4v) is 1.76. The van der Waals surface area contributed by atoms with Gasteiger partial charge in [0.1, 0.15) is 0 Å². The van der Waals surface area contributed by atoms with Crippen molar-refractivity contribution in [2.24, 2.45) is 0 Å². The fraction of sp³-hybridized carbons (Fsp3) is 0.467. The Kier molecular flexibility index (Phi) is 5.70. The van der Waals surface area contributed by atoms with Crippen LogP contribution in [0.25, 0.3) is 0 Å². The van der Waals surface area contributed by atoms with E-state index in [0.29, 0.717) is 24.1 Å². The Morgan fingerprint density at radius 3 is 2.15 bits per heavy atom. The lowest BCUT2D eigenvalue weighted by Gasteiger charge is -2.25. The summed E-state index contributed by atoms with van der Waals surface area (Å²) in [5.74, 6) is -0.391. The molecule has 0 spiro atoms. The molecule has 0 saturated heterocycles. The largest absolute Gasteiger partial charge is 0.388 e. The zero-order valence-corrected chi connectivity index (χ0v) is 12.2. The first kappa shape index (κ1) is 16.2. The first-order chi connectivity index (χ1) is 9.40.